The topological polar surface area (TPSA) is 68.9 Å². The van der Waals surface area contributed by atoms with E-state index in [1.807, 2.05) is 20.8 Å². The quantitative estimate of drug-likeness (QED) is 0.810. The Morgan fingerprint density at radius 3 is 2.75 bits per heavy atom. The molecule has 4 heteroatoms. The maximum absolute atomic E-state index is 9.29. The third-order valence-electron chi connectivity index (χ3n) is 2.64. The minimum absolute atomic E-state index is 0.0288. The van der Waals surface area contributed by atoms with Crippen molar-refractivity contribution in [2.75, 3.05) is 11.9 Å². The van der Waals surface area contributed by atoms with Gasteiger partial charge in [-0.05, 0) is 32.4 Å². The van der Waals surface area contributed by atoms with E-state index in [0.717, 1.165) is 12.1 Å². The fraction of sp³-hybridized carbons (Fsp3) is 0.500. The molecule has 0 saturated carbocycles. The molecule has 0 aromatic carbocycles. The molecule has 0 saturated heterocycles. The van der Waals surface area contributed by atoms with E-state index in [1.54, 1.807) is 12.1 Å². The monoisotopic (exact) mass is 219 g/mol. The van der Waals surface area contributed by atoms with Crippen LogP contribution >= 0.6 is 0 Å². The molecule has 1 rings (SSSR count). The summed E-state index contributed by atoms with van der Waals surface area (Å²) in [4.78, 5) is 4.29. The van der Waals surface area contributed by atoms with E-state index in [1.165, 1.54) is 0 Å². The van der Waals surface area contributed by atoms with Crippen LogP contribution in [0.3, 0.4) is 0 Å². The standard InChI is InChI=1S/C12H17N3O/c1-4-12(3,8-16)15-11-6-10(7-13)5-9(2)14-11/h5-6,16H,4,8H2,1-3H3,(H,14,15). The minimum atomic E-state index is -0.395. The van der Waals surface area contributed by atoms with Crippen LogP contribution in [-0.4, -0.2) is 22.2 Å². The molecular formula is C12H17N3O. The second-order valence-electron chi connectivity index (χ2n) is 4.19. The number of aromatic nitrogens is 1. The highest BCUT2D eigenvalue weighted by Gasteiger charge is 2.21. The maximum Gasteiger partial charge on any atom is 0.128 e. The molecule has 0 amide bonds. The Morgan fingerprint density at radius 1 is 1.56 bits per heavy atom. The first-order chi connectivity index (χ1) is 7.53. The average molecular weight is 219 g/mol. The second-order valence-corrected chi connectivity index (χ2v) is 4.19. The van der Waals surface area contributed by atoms with Gasteiger partial charge in [0.1, 0.15) is 5.82 Å². The molecule has 86 valence electrons. The molecule has 0 aliphatic carbocycles. The van der Waals surface area contributed by atoms with Gasteiger partial charge in [-0.25, -0.2) is 4.98 Å². The Hall–Kier alpha value is -1.60. The highest BCUT2D eigenvalue weighted by atomic mass is 16.3. The molecule has 16 heavy (non-hydrogen) atoms. The summed E-state index contributed by atoms with van der Waals surface area (Å²) >= 11 is 0. The summed E-state index contributed by atoms with van der Waals surface area (Å²) in [6.07, 6.45) is 0.779. The molecule has 0 radical (unpaired) electrons. The Morgan fingerprint density at radius 2 is 2.25 bits per heavy atom. The van der Waals surface area contributed by atoms with Crippen molar-refractivity contribution in [1.29, 1.82) is 5.26 Å². The highest BCUT2D eigenvalue weighted by Crippen LogP contribution is 2.17. The van der Waals surface area contributed by atoms with Crippen LogP contribution in [-0.2, 0) is 0 Å². The summed E-state index contributed by atoms with van der Waals surface area (Å²) in [5, 5.41) is 21.3. The molecule has 0 fully saturated rings. The number of nitrogens with zero attached hydrogens (tertiary/aromatic N) is 2. The Labute approximate surface area is 95.9 Å². The molecule has 2 N–H and O–H groups in total. The number of rotatable bonds is 4. The summed E-state index contributed by atoms with van der Waals surface area (Å²) in [6, 6.07) is 5.51. The lowest BCUT2D eigenvalue weighted by atomic mass is 10.0. The number of nitriles is 1. The molecular weight excluding hydrogens is 202 g/mol. The number of hydrogen-bond donors (Lipinski definition) is 2. The van der Waals surface area contributed by atoms with Crippen LogP contribution in [0.2, 0.25) is 0 Å². The van der Waals surface area contributed by atoms with E-state index < -0.39 is 5.54 Å². The first-order valence-electron chi connectivity index (χ1n) is 5.31. The van der Waals surface area contributed by atoms with Crippen LogP contribution < -0.4 is 5.32 Å². The molecule has 0 bridgehead atoms. The van der Waals surface area contributed by atoms with Crippen LogP contribution in [0.15, 0.2) is 12.1 Å². The lowest BCUT2D eigenvalue weighted by Crippen LogP contribution is -2.38. The lowest BCUT2D eigenvalue weighted by Gasteiger charge is -2.28. The zero-order valence-electron chi connectivity index (χ0n) is 9.91. The van der Waals surface area contributed by atoms with Crippen molar-refractivity contribution in [3.63, 3.8) is 0 Å². The number of anilines is 1. The molecule has 1 aromatic heterocycles. The molecule has 0 aliphatic rings. The average Bonchev–Trinajstić information content (AvgIpc) is 2.28. The molecule has 0 aliphatic heterocycles. The number of aryl methyl sites for hydroxylation is 1. The molecule has 0 spiro atoms. The Kier molecular flexibility index (Phi) is 3.86. The number of hydrogen-bond acceptors (Lipinski definition) is 4. The minimum Gasteiger partial charge on any atom is -0.394 e. The summed E-state index contributed by atoms with van der Waals surface area (Å²) in [5.41, 5.74) is 0.970. The van der Waals surface area contributed by atoms with Gasteiger partial charge in [-0.3, -0.25) is 0 Å². The fourth-order valence-electron chi connectivity index (χ4n) is 1.35. The van der Waals surface area contributed by atoms with Gasteiger partial charge in [0.15, 0.2) is 0 Å². The smallest absolute Gasteiger partial charge is 0.128 e. The number of aliphatic hydroxyl groups excluding tert-OH is 1. The van der Waals surface area contributed by atoms with Gasteiger partial charge in [-0.15, -0.1) is 0 Å². The van der Waals surface area contributed by atoms with Gasteiger partial charge in [0.25, 0.3) is 0 Å². The van der Waals surface area contributed by atoms with Gasteiger partial charge >= 0.3 is 0 Å². The van der Waals surface area contributed by atoms with E-state index in [9.17, 15) is 5.11 Å². The van der Waals surface area contributed by atoms with E-state index in [0.29, 0.717) is 11.4 Å². The third-order valence-corrected chi connectivity index (χ3v) is 2.64. The van der Waals surface area contributed by atoms with E-state index in [2.05, 4.69) is 16.4 Å². The van der Waals surface area contributed by atoms with Crippen LogP contribution in [0.25, 0.3) is 0 Å². The van der Waals surface area contributed by atoms with Gasteiger partial charge < -0.3 is 10.4 Å². The molecule has 1 unspecified atom stereocenters. The first kappa shape index (κ1) is 12.5. The van der Waals surface area contributed by atoms with Crippen molar-refractivity contribution < 1.29 is 5.11 Å². The van der Waals surface area contributed by atoms with Crippen molar-refractivity contribution in [2.24, 2.45) is 0 Å². The summed E-state index contributed by atoms with van der Waals surface area (Å²) in [7, 11) is 0. The van der Waals surface area contributed by atoms with Crippen LogP contribution in [0.5, 0.6) is 0 Å². The largest absolute Gasteiger partial charge is 0.394 e. The van der Waals surface area contributed by atoms with Crippen molar-refractivity contribution in [2.45, 2.75) is 32.7 Å². The third kappa shape index (κ3) is 2.94. The van der Waals surface area contributed by atoms with Gasteiger partial charge in [-0.2, -0.15) is 5.26 Å². The summed E-state index contributed by atoms with van der Waals surface area (Å²) < 4.78 is 0. The maximum atomic E-state index is 9.29. The molecule has 1 heterocycles. The number of pyridine rings is 1. The number of nitrogens with one attached hydrogen (secondary N) is 1. The SMILES string of the molecule is CCC(C)(CO)Nc1cc(C#N)cc(C)n1. The van der Waals surface area contributed by atoms with Crippen LogP contribution in [0, 0.1) is 18.3 Å². The normalized spacial score (nSPS) is 13.9. The Balaban J connectivity index is 2.97. The second kappa shape index (κ2) is 4.95. The van der Waals surface area contributed by atoms with E-state index in [4.69, 9.17) is 5.26 Å². The van der Waals surface area contributed by atoms with Crippen molar-refractivity contribution in [3.8, 4) is 6.07 Å². The zero-order valence-corrected chi connectivity index (χ0v) is 9.91. The number of aliphatic hydroxyl groups is 1. The van der Waals surface area contributed by atoms with Gasteiger partial charge in [0, 0.05) is 5.69 Å². The van der Waals surface area contributed by atoms with Gasteiger partial charge in [0.2, 0.25) is 0 Å². The van der Waals surface area contributed by atoms with Crippen LogP contribution in [0.4, 0.5) is 5.82 Å². The predicted molar refractivity (Wildman–Crippen MR) is 63.1 cm³/mol. The summed E-state index contributed by atoms with van der Waals surface area (Å²) in [5.74, 6) is 0.634. The van der Waals surface area contributed by atoms with E-state index in [-0.39, 0.29) is 6.61 Å². The zero-order chi connectivity index (χ0) is 12.2. The highest BCUT2D eigenvalue weighted by molar-refractivity contribution is 5.46. The van der Waals surface area contributed by atoms with Crippen molar-refractivity contribution in [3.05, 3.63) is 23.4 Å². The molecule has 4 nitrogen and oxygen atoms in total. The first-order valence-corrected chi connectivity index (χ1v) is 5.31. The predicted octanol–water partition coefficient (Wildman–Crippen LogP) is 1.83. The van der Waals surface area contributed by atoms with Crippen molar-refractivity contribution in [1.82, 2.24) is 4.98 Å². The molecule has 1 atom stereocenters. The van der Waals surface area contributed by atoms with Gasteiger partial charge in [0.05, 0.1) is 23.8 Å². The van der Waals surface area contributed by atoms with Crippen LogP contribution in [0.1, 0.15) is 31.5 Å². The Bertz CT molecular complexity index is 405. The lowest BCUT2D eigenvalue weighted by molar-refractivity contribution is 0.218. The van der Waals surface area contributed by atoms with Crippen molar-refractivity contribution >= 4 is 5.82 Å². The molecule has 1 aromatic rings. The van der Waals surface area contributed by atoms with Gasteiger partial charge in [-0.1, -0.05) is 6.92 Å². The summed E-state index contributed by atoms with van der Waals surface area (Å²) in [6.45, 7) is 5.78. The van der Waals surface area contributed by atoms with E-state index >= 15 is 0 Å². The fourth-order valence-corrected chi connectivity index (χ4v) is 1.35.